The molecule has 0 radical (unpaired) electrons. The van der Waals surface area contributed by atoms with Crippen LogP contribution in [-0.4, -0.2) is 41.6 Å². The monoisotopic (exact) mass is 296 g/mol. The third-order valence-corrected chi connectivity index (χ3v) is 5.24. The fourth-order valence-corrected chi connectivity index (χ4v) is 3.58. The first-order valence-corrected chi connectivity index (χ1v) is 8.33. The molecule has 21 heavy (non-hydrogen) atoms. The maximum absolute atomic E-state index is 12.2. The molecule has 1 heterocycles. The molecule has 0 aromatic rings. The number of likely N-dealkylation sites (tertiary alicyclic amines) is 1. The highest BCUT2D eigenvalue weighted by molar-refractivity contribution is 5.78. The molecule has 120 valence electrons. The number of rotatable bonds is 4. The average Bonchev–Trinajstić information content (AvgIpc) is 2.83. The van der Waals surface area contributed by atoms with Crippen molar-refractivity contribution in [2.24, 2.45) is 11.3 Å². The molecule has 1 saturated heterocycles. The van der Waals surface area contributed by atoms with Gasteiger partial charge in [-0.3, -0.25) is 4.79 Å². The quantitative estimate of drug-likeness (QED) is 0.784. The summed E-state index contributed by atoms with van der Waals surface area (Å²) in [4.78, 5) is 25.8. The van der Waals surface area contributed by atoms with E-state index in [9.17, 15) is 14.7 Å². The summed E-state index contributed by atoms with van der Waals surface area (Å²) >= 11 is 0. The highest BCUT2D eigenvalue weighted by Crippen LogP contribution is 2.35. The Morgan fingerprint density at radius 2 is 1.90 bits per heavy atom. The van der Waals surface area contributed by atoms with Gasteiger partial charge in [-0.1, -0.05) is 39.0 Å². The number of aliphatic carboxylic acids is 1. The van der Waals surface area contributed by atoms with E-state index in [1.54, 1.807) is 0 Å². The summed E-state index contributed by atoms with van der Waals surface area (Å²) in [6.45, 7) is 4.03. The molecule has 2 amide bonds. The largest absolute Gasteiger partial charge is 0.481 e. The van der Waals surface area contributed by atoms with Gasteiger partial charge < -0.3 is 15.3 Å². The topological polar surface area (TPSA) is 69.6 Å². The van der Waals surface area contributed by atoms with E-state index >= 15 is 0 Å². The molecule has 0 aromatic carbocycles. The number of urea groups is 1. The number of amides is 2. The van der Waals surface area contributed by atoms with Crippen molar-refractivity contribution in [2.75, 3.05) is 19.6 Å². The molecule has 0 aromatic heterocycles. The summed E-state index contributed by atoms with van der Waals surface area (Å²) in [6.07, 6.45) is 7.63. The highest BCUT2D eigenvalue weighted by Gasteiger charge is 2.39. The van der Waals surface area contributed by atoms with Gasteiger partial charge in [0.1, 0.15) is 0 Å². The molecule has 1 atom stereocenters. The number of carboxylic acids is 1. The van der Waals surface area contributed by atoms with Crippen LogP contribution in [0.1, 0.15) is 58.3 Å². The molecule has 1 aliphatic heterocycles. The van der Waals surface area contributed by atoms with Crippen molar-refractivity contribution in [1.29, 1.82) is 0 Å². The van der Waals surface area contributed by atoms with Crippen LogP contribution in [0.15, 0.2) is 0 Å². The molecule has 2 N–H and O–H groups in total. The van der Waals surface area contributed by atoms with Crippen LogP contribution in [-0.2, 0) is 4.79 Å². The Bertz CT molecular complexity index is 376. The van der Waals surface area contributed by atoms with Gasteiger partial charge in [-0.2, -0.15) is 0 Å². The lowest BCUT2D eigenvalue weighted by atomic mass is 9.80. The normalized spacial score (nSPS) is 25.4. The third-order valence-electron chi connectivity index (χ3n) is 5.24. The standard InChI is InChI=1S/C16H28N2O3/c1-2-13-7-10-18(11-13)15(21)17-12-16(14(19)20)8-5-3-4-6-9-16/h13H,2-12H2,1H3,(H,17,21)(H,19,20). The zero-order valence-corrected chi connectivity index (χ0v) is 13.1. The molecule has 0 spiro atoms. The number of hydrogen-bond donors (Lipinski definition) is 2. The molecular formula is C16H28N2O3. The summed E-state index contributed by atoms with van der Waals surface area (Å²) in [5.74, 6) is -0.153. The minimum Gasteiger partial charge on any atom is -0.481 e. The minimum atomic E-state index is -0.754. The Hall–Kier alpha value is -1.26. The van der Waals surface area contributed by atoms with Crippen LogP contribution in [0.5, 0.6) is 0 Å². The van der Waals surface area contributed by atoms with Crippen molar-refractivity contribution in [1.82, 2.24) is 10.2 Å². The molecule has 1 saturated carbocycles. The zero-order valence-electron chi connectivity index (χ0n) is 13.1. The lowest BCUT2D eigenvalue weighted by Crippen LogP contribution is -2.47. The first kappa shape index (κ1) is 16.1. The van der Waals surface area contributed by atoms with Gasteiger partial charge in [-0.05, 0) is 25.2 Å². The maximum atomic E-state index is 12.2. The van der Waals surface area contributed by atoms with Crippen LogP contribution in [0, 0.1) is 11.3 Å². The van der Waals surface area contributed by atoms with Gasteiger partial charge in [0.25, 0.3) is 0 Å². The minimum absolute atomic E-state index is 0.0872. The molecule has 2 aliphatic rings. The summed E-state index contributed by atoms with van der Waals surface area (Å²) in [5.41, 5.74) is -0.754. The van der Waals surface area contributed by atoms with Crippen molar-refractivity contribution in [2.45, 2.75) is 58.3 Å². The van der Waals surface area contributed by atoms with Crippen molar-refractivity contribution >= 4 is 12.0 Å². The predicted octanol–water partition coefficient (Wildman–Crippen LogP) is 2.85. The Kier molecular flexibility index (Phi) is 5.48. The summed E-state index contributed by atoms with van der Waals surface area (Å²) in [5, 5.41) is 12.5. The van der Waals surface area contributed by atoms with Crippen LogP contribution in [0.25, 0.3) is 0 Å². The SMILES string of the molecule is CCC1CCN(C(=O)NCC2(C(=O)O)CCCCCC2)C1. The Morgan fingerprint density at radius 3 is 2.43 bits per heavy atom. The fraction of sp³-hybridized carbons (Fsp3) is 0.875. The van der Waals surface area contributed by atoms with Crippen LogP contribution >= 0.6 is 0 Å². The second-order valence-corrected chi connectivity index (χ2v) is 6.67. The first-order chi connectivity index (χ1) is 10.1. The Morgan fingerprint density at radius 1 is 1.24 bits per heavy atom. The second kappa shape index (κ2) is 7.14. The number of carbonyl (C=O) groups is 2. The maximum Gasteiger partial charge on any atom is 0.317 e. The third kappa shape index (κ3) is 3.89. The summed E-state index contributed by atoms with van der Waals surface area (Å²) < 4.78 is 0. The van der Waals surface area contributed by atoms with Gasteiger partial charge in [0.2, 0.25) is 0 Å². The Balaban J connectivity index is 1.89. The number of hydrogen-bond acceptors (Lipinski definition) is 2. The fourth-order valence-electron chi connectivity index (χ4n) is 3.58. The van der Waals surface area contributed by atoms with Gasteiger partial charge in [0.05, 0.1) is 5.41 Å². The van der Waals surface area contributed by atoms with Gasteiger partial charge >= 0.3 is 12.0 Å². The van der Waals surface area contributed by atoms with Crippen molar-refractivity contribution in [3.05, 3.63) is 0 Å². The molecule has 2 fully saturated rings. The molecule has 2 rings (SSSR count). The van der Waals surface area contributed by atoms with Crippen LogP contribution in [0.3, 0.4) is 0 Å². The lowest BCUT2D eigenvalue weighted by molar-refractivity contribution is -0.149. The number of nitrogens with one attached hydrogen (secondary N) is 1. The smallest absolute Gasteiger partial charge is 0.317 e. The molecule has 5 heteroatoms. The van der Waals surface area contributed by atoms with Crippen LogP contribution in [0.2, 0.25) is 0 Å². The lowest BCUT2D eigenvalue weighted by Gasteiger charge is -2.29. The van der Waals surface area contributed by atoms with Gasteiger partial charge in [-0.25, -0.2) is 4.79 Å². The second-order valence-electron chi connectivity index (χ2n) is 6.67. The molecular weight excluding hydrogens is 268 g/mol. The van der Waals surface area contributed by atoms with E-state index < -0.39 is 11.4 Å². The van der Waals surface area contributed by atoms with Crippen LogP contribution < -0.4 is 5.32 Å². The van der Waals surface area contributed by atoms with Gasteiger partial charge in [-0.15, -0.1) is 0 Å². The van der Waals surface area contributed by atoms with Gasteiger partial charge in [0.15, 0.2) is 0 Å². The van der Waals surface area contributed by atoms with E-state index in [1.807, 2.05) is 4.90 Å². The van der Waals surface area contributed by atoms with E-state index in [-0.39, 0.29) is 12.6 Å². The van der Waals surface area contributed by atoms with E-state index in [0.717, 1.165) is 51.6 Å². The molecule has 5 nitrogen and oxygen atoms in total. The van der Waals surface area contributed by atoms with Crippen molar-refractivity contribution in [3.63, 3.8) is 0 Å². The first-order valence-electron chi connectivity index (χ1n) is 8.33. The van der Waals surface area contributed by atoms with Gasteiger partial charge in [0, 0.05) is 19.6 Å². The number of carbonyl (C=O) groups excluding carboxylic acids is 1. The highest BCUT2D eigenvalue weighted by atomic mass is 16.4. The molecule has 1 aliphatic carbocycles. The number of carboxylic acid groups (broad SMARTS) is 1. The van der Waals surface area contributed by atoms with E-state index in [1.165, 1.54) is 0 Å². The predicted molar refractivity (Wildman–Crippen MR) is 81.1 cm³/mol. The van der Waals surface area contributed by atoms with Crippen LogP contribution in [0.4, 0.5) is 4.79 Å². The number of nitrogens with zero attached hydrogens (tertiary/aromatic N) is 1. The average molecular weight is 296 g/mol. The van der Waals surface area contributed by atoms with E-state index in [0.29, 0.717) is 18.8 Å². The molecule has 0 bridgehead atoms. The summed E-state index contributed by atoms with van der Waals surface area (Å²) in [6, 6.07) is -0.0872. The zero-order chi connectivity index (χ0) is 15.3. The van der Waals surface area contributed by atoms with Crippen molar-refractivity contribution in [3.8, 4) is 0 Å². The van der Waals surface area contributed by atoms with E-state index in [4.69, 9.17) is 0 Å². The van der Waals surface area contributed by atoms with E-state index in [2.05, 4.69) is 12.2 Å². The Labute approximate surface area is 127 Å². The van der Waals surface area contributed by atoms with Crippen molar-refractivity contribution < 1.29 is 14.7 Å². The summed E-state index contributed by atoms with van der Waals surface area (Å²) in [7, 11) is 0. The molecule has 1 unspecified atom stereocenters.